The predicted octanol–water partition coefficient (Wildman–Crippen LogP) is 1.86. The minimum Gasteiger partial charge on any atom is -0.361 e. The van der Waals surface area contributed by atoms with E-state index in [1.165, 1.54) is 12.8 Å². The van der Waals surface area contributed by atoms with Crippen LogP contribution in [0.1, 0.15) is 31.2 Å². The fourth-order valence-electron chi connectivity index (χ4n) is 2.75. The number of amides is 2. The van der Waals surface area contributed by atoms with Crippen molar-refractivity contribution in [1.29, 1.82) is 0 Å². The summed E-state index contributed by atoms with van der Waals surface area (Å²) in [4.78, 5) is 16.0. The number of aromatic nitrogens is 1. The molecule has 6 heteroatoms. The topological polar surface area (TPSA) is 61.6 Å². The molecule has 2 amide bonds. The molecule has 1 N–H and O–H groups in total. The largest absolute Gasteiger partial charge is 0.361 e. The molecular formula is C15H26N4O2. The average Bonchev–Trinajstić information content (AvgIpc) is 2.84. The van der Waals surface area contributed by atoms with Gasteiger partial charge in [-0.1, -0.05) is 12.1 Å². The van der Waals surface area contributed by atoms with Crippen LogP contribution in [-0.2, 0) is 6.54 Å². The number of piperidine rings is 1. The average molecular weight is 294 g/mol. The highest BCUT2D eigenvalue weighted by molar-refractivity contribution is 5.73. The van der Waals surface area contributed by atoms with Gasteiger partial charge < -0.3 is 19.6 Å². The molecule has 1 saturated heterocycles. The lowest BCUT2D eigenvalue weighted by atomic mass is 10.0. The van der Waals surface area contributed by atoms with Gasteiger partial charge in [-0.25, -0.2) is 4.79 Å². The molecule has 0 spiro atoms. The van der Waals surface area contributed by atoms with Gasteiger partial charge in [0.2, 0.25) is 0 Å². The third-order valence-electron chi connectivity index (χ3n) is 3.87. The molecule has 2 rings (SSSR count). The van der Waals surface area contributed by atoms with Crippen molar-refractivity contribution >= 4 is 6.03 Å². The molecule has 0 aromatic carbocycles. The van der Waals surface area contributed by atoms with E-state index < -0.39 is 0 Å². The van der Waals surface area contributed by atoms with Gasteiger partial charge in [0.25, 0.3) is 0 Å². The van der Waals surface area contributed by atoms with Crippen molar-refractivity contribution in [3.05, 3.63) is 17.5 Å². The Hall–Kier alpha value is -1.56. The van der Waals surface area contributed by atoms with Crippen molar-refractivity contribution in [1.82, 2.24) is 20.3 Å². The fourth-order valence-corrected chi connectivity index (χ4v) is 2.75. The molecule has 21 heavy (non-hydrogen) atoms. The monoisotopic (exact) mass is 294 g/mol. The molecule has 1 aliphatic heterocycles. The van der Waals surface area contributed by atoms with Gasteiger partial charge in [0.1, 0.15) is 11.5 Å². The second-order valence-corrected chi connectivity index (χ2v) is 6.06. The van der Waals surface area contributed by atoms with Crippen molar-refractivity contribution in [2.75, 3.05) is 33.2 Å². The number of hydrogen-bond acceptors (Lipinski definition) is 4. The highest BCUT2D eigenvalue weighted by Crippen LogP contribution is 2.14. The van der Waals surface area contributed by atoms with Gasteiger partial charge in [-0.2, -0.15) is 0 Å². The smallest absolute Gasteiger partial charge is 0.317 e. The summed E-state index contributed by atoms with van der Waals surface area (Å²) >= 11 is 0. The number of aryl methyl sites for hydroxylation is 1. The van der Waals surface area contributed by atoms with Crippen LogP contribution in [0.15, 0.2) is 10.6 Å². The number of carbonyl (C=O) groups is 1. The molecule has 1 fully saturated rings. The first-order chi connectivity index (χ1) is 10.0. The summed E-state index contributed by atoms with van der Waals surface area (Å²) < 4.78 is 5.00. The molecule has 0 saturated carbocycles. The Morgan fingerprint density at radius 1 is 1.62 bits per heavy atom. The number of rotatable bonds is 5. The molecule has 118 valence electrons. The van der Waals surface area contributed by atoms with Gasteiger partial charge in [0.05, 0.1) is 6.54 Å². The normalized spacial score (nSPS) is 19.5. The Kier molecular flexibility index (Phi) is 5.61. The minimum absolute atomic E-state index is 0.0688. The molecule has 1 aliphatic rings. The number of urea groups is 1. The van der Waals surface area contributed by atoms with E-state index in [0.29, 0.717) is 13.1 Å². The van der Waals surface area contributed by atoms with Crippen molar-refractivity contribution in [3.63, 3.8) is 0 Å². The lowest BCUT2D eigenvalue weighted by molar-refractivity contribution is 0.178. The van der Waals surface area contributed by atoms with E-state index in [1.54, 1.807) is 11.9 Å². The van der Waals surface area contributed by atoms with Gasteiger partial charge in [-0.3, -0.25) is 0 Å². The summed E-state index contributed by atoms with van der Waals surface area (Å²) in [6.45, 7) is 8.50. The van der Waals surface area contributed by atoms with Gasteiger partial charge >= 0.3 is 6.03 Å². The maximum absolute atomic E-state index is 12.0. The summed E-state index contributed by atoms with van der Waals surface area (Å²) in [5, 5.41) is 6.85. The maximum Gasteiger partial charge on any atom is 0.317 e. The number of likely N-dealkylation sites (tertiary alicyclic amines) is 1. The standard InChI is InChI=1S/C15H26N4O2/c1-12-5-4-7-19(10-12)8-6-16-15(20)18(3)11-14-9-13(2)21-17-14/h9,12H,4-8,10-11H2,1-3H3,(H,16,20)/t12-/m0/s1. The molecule has 1 atom stereocenters. The first-order valence-electron chi connectivity index (χ1n) is 7.68. The highest BCUT2D eigenvalue weighted by Gasteiger charge is 2.16. The predicted molar refractivity (Wildman–Crippen MR) is 80.9 cm³/mol. The zero-order chi connectivity index (χ0) is 15.2. The molecule has 1 aromatic heterocycles. The third-order valence-corrected chi connectivity index (χ3v) is 3.87. The van der Waals surface area contributed by atoms with Crippen molar-refractivity contribution in [2.24, 2.45) is 5.92 Å². The summed E-state index contributed by atoms with van der Waals surface area (Å²) in [5.74, 6) is 1.53. The van der Waals surface area contributed by atoms with Crippen LogP contribution in [0.2, 0.25) is 0 Å². The van der Waals surface area contributed by atoms with Gasteiger partial charge in [-0.05, 0) is 32.2 Å². The van der Waals surface area contributed by atoms with Gasteiger partial charge in [0.15, 0.2) is 0 Å². The maximum atomic E-state index is 12.0. The molecule has 2 heterocycles. The molecule has 0 bridgehead atoms. The Morgan fingerprint density at radius 3 is 3.10 bits per heavy atom. The Labute approximate surface area is 126 Å². The summed E-state index contributed by atoms with van der Waals surface area (Å²) in [7, 11) is 1.77. The minimum atomic E-state index is -0.0688. The second kappa shape index (κ2) is 7.45. The molecular weight excluding hydrogens is 268 g/mol. The van der Waals surface area contributed by atoms with Gasteiger partial charge in [0, 0.05) is 32.7 Å². The molecule has 1 aromatic rings. The van der Waals surface area contributed by atoms with Crippen molar-refractivity contribution in [2.45, 2.75) is 33.2 Å². The highest BCUT2D eigenvalue weighted by atomic mass is 16.5. The summed E-state index contributed by atoms with van der Waals surface area (Å²) in [6.07, 6.45) is 2.59. The van der Waals surface area contributed by atoms with Crippen molar-refractivity contribution in [3.8, 4) is 0 Å². The molecule has 0 unspecified atom stereocenters. The Morgan fingerprint density at radius 2 is 2.43 bits per heavy atom. The van der Waals surface area contributed by atoms with Crippen LogP contribution in [0.4, 0.5) is 4.79 Å². The van der Waals surface area contributed by atoms with E-state index >= 15 is 0 Å². The summed E-state index contributed by atoms with van der Waals surface area (Å²) in [6, 6.07) is 1.78. The Bertz CT molecular complexity index is 460. The summed E-state index contributed by atoms with van der Waals surface area (Å²) in [5.41, 5.74) is 0.773. The third kappa shape index (κ3) is 5.04. The first-order valence-corrected chi connectivity index (χ1v) is 7.68. The number of carbonyl (C=O) groups excluding carboxylic acids is 1. The molecule has 0 aliphatic carbocycles. The van der Waals surface area contributed by atoms with E-state index in [1.807, 2.05) is 13.0 Å². The SMILES string of the molecule is Cc1cc(CN(C)C(=O)NCCN2CCC[C@H](C)C2)no1. The van der Waals surface area contributed by atoms with E-state index in [-0.39, 0.29) is 6.03 Å². The fraction of sp³-hybridized carbons (Fsp3) is 0.733. The molecule has 6 nitrogen and oxygen atoms in total. The van der Waals surface area contributed by atoms with Gasteiger partial charge in [-0.15, -0.1) is 0 Å². The van der Waals surface area contributed by atoms with Crippen LogP contribution in [0.3, 0.4) is 0 Å². The van der Waals surface area contributed by atoms with Crippen LogP contribution < -0.4 is 5.32 Å². The second-order valence-electron chi connectivity index (χ2n) is 6.06. The first kappa shape index (κ1) is 15.8. The van der Waals surface area contributed by atoms with Crippen molar-refractivity contribution < 1.29 is 9.32 Å². The van der Waals surface area contributed by atoms with E-state index in [9.17, 15) is 4.79 Å². The van der Waals surface area contributed by atoms with Crippen LogP contribution >= 0.6 is 0 Å². The molecule has 0 radical (unpaired) electrons. The zero-order valence-corrected chi connectivity index (χ0v) is 13.3. The van der Waals surface area contributed by atoms with E-state index in [0.717, 1.165) is 37.0 Å². The van der Waals surface area contributed by atoms with E-state index in [2.05, 4.69) is 22.3 Å². The Balaban J connectivity index is 1.66. The zero-order valence-electron chi connectivity index (χ0n) is 13.3. The van der Waals surface area contributed by atoms with E-state index in [4.69, 9.17) is 4.52 Å². The lowest BCUT2D eigenvalue weighted by Gasteiger charge is -2.30. The quantitative estimate of drug-likeness (QED) is 0.900. The lowest BCUT2D eigenvalue weighted by Crippen LogP contribution is -2.43. The van der Waals surface area contributed by atoms with Crippen LogP contribution in [0.5, 0.6) is 0 Å². The number of nitrogens with one attached hydrogen (secondary N) is 1. The van der Waals surface area contributed by atoms with Crippen LogP contribution in [0.25, 0.3) is 0 Å². The van der Waals surface area contributed by atoms with Crippen LogP contribution in [-0.4, -0.2) is 54.2 Å². The van der Waals surface area contributed by atoms with Crippen LogP contribution in [0, 0.1) is 12.8 Å². The number of hydrogen-bond donors (Lipinski definition) is 1. The number of nitrogens with zero attached hydrogens (tertiary/aromatic N) is 3.